The van der Waals surface area contributed by atoms with Gasteiger partial charge in [-0.15, -0.1) is 0 Å². The average Bonchev–Trinajstić information content (AvgIpc) is 2.41. The van der Waals surface area contributed by atoms with Crippen LogP contribution in [-0.4, -0.2) is 10.9 Å². The van der Waals surface area contributed by atoms with Crippen molar-refractivity contribution in [1.82, 2.24) is 4.98 Å². The minimum atomic E-state index is -0.206. The molecule has 0 aliphatic heterocycles. The van der Waals surface area contributed by atoms with Gasteiger partial charge in [0.05, 0.1) is 0 Å². The van der Waals surface area contributed by atoms with Gasteiger partial charge in [-0.2, -0.15) is 0 Å². The van der Waals surface area contributed by atoms with E-state index in [1.807, 2.05) is 6.92 Å². The van der Waals surface area contributed by atoms with Crippen LogP contribution >= 0.6 is 23.2 Å². The smallest absolute Gasteiger partial charge is 0.255 e. The van der Waals surface area contributed by atoms with Crippen molar-refractivity contribution in [1.29, 1.82) is 0 Å². The Bertz CT molecular complexity index is 671. The van der Waals surface area contributed by atoms with Crippen LogP contribution in [0.25, 0.3) is 0 Å². The molecule has 0 unspecified atom stereocenters. The molecule has 110 valence electrons. The summed E-state index contributed by atoms with van der Waals surface area (Å²) in [6.07, 6.45) is 1.74. The molecule has 0 spiro atoms. The molecular formula is C16H16Cl2N2O. The van der Waals surface area contributed by atoms with Crippen LogP contribution in [0.3, 0.4) is 0 Å². The van der Waals surface area contributed by atoms with Crippen molar-refractivity contribution in [2.45, 2.75) is 26.7 Å². The lowest BCUT2D eigenvalue weighted by Crippen LogP contribution is -2.13. The van der Waals surface area contributed by atoms with Crippen molar-refractivity contribution in [3.05, 3.63) is 57.3 Å². The number of aromatic nitrogens is 1. The minimum absolute atomic E-state index is 0.206. The Balaban J connectivity index is 2.23. The topological polar surface area (TPSA) is 42.0 Å². The molecule has 0 saturated heterocycles. The second-order valence-corrected chi connectivity index (χ2v) is 5.66. The lowest BCUT2D eigenvalue weighted by Gasteiger charge is -2.10. The fourth-order valence-corrected chi connectivity index (χ4v) is 2.48. The lowest BCUT2D eigenvalue weighted by atomic mass is 10.1. The highest BCUT2D eigenvalue weighted by atomic mass is 35.5. The van der Waals surface area contributed by atoms with Crippen LogP contribution in [-0.2, 0) is 6.42 Å². The third-order valence-corrected chi connectivity index (χ3v) is 3.48. The first-order chi connectivity index (χ1) is 9.99. The molecule has 0 bridgehead atoms. The van der Waals surface area contributed by atoms with E-state index in [9.17, 15) is 4.79 Å². The summed E-state index contributed by atoms with van der Waals surface area (Å²) >= 11 is 11.9. The van der Waals surface area contributed by atoms with Gasteiger partial charge in [0.15, 0.2) is 0 Å². The van der Waals surface area contributed by atoms with Crippen molar-refractivity contribution in [2.75, 3.05) is 5.32 Å². The summed E-state index contributed by atoms with van der Waals surface area (Å²) in [5, 5.41) is 3.84. The number of nitrogens with one attached hydrogen (secondary N) is 1. The van der Waals surface area contributed by atoms with Crippen molar-refractivity contribution in [3.63, 3.8) is 0 Å². The molecular weight excluding hydrogens is 307 g/mol. The molecule has 3 nitrogen and oxygen atoms in total. The van der Waals surface area contributed by atoms with Crippen LogP contribution in [0.2, 0.25) is 10.2 Å². The van der Waals surface area contributed by atoms with E-state index < -0.39 is 0 Å². The normalized spacial score (nSPS) is 10.5. The summed E-state index contributed by atoms with van der Waals surface area (Å²) in [5.74, 6) is -0.206. The van der Waals surface area contributed by atoms with Crippen LogP contribution in [0.1, 0.15) is 35.0 Å². The molecule has 0 aliphatic carbocycles. The van der Waals surface area contributed by atoms with E-state index in [4.69, 9.17) is 23.2 Å². The van der Waals surface area contributed by atoms with E-state index in [2.05, 4.69) is 17.2 Å². The number of rotatable bonds is 4. The Hall–Kier alpha value is -1.58. The third kappa shape index (κ3) is 4.19. The Morgan fingerprint density at radius 1 is 1.24 bits per heavy atom. The predicted molar refractivity (Wildman–Crippen MR) is 87.4 cm³/mol. The Morgan fingerprint density at radius 3 is 2.67 bits per heavy atom. The fourth-order valence-electron chi connectivity index (χ4n) is 2.03. The zero-order valence-electron chi connectivity index (χ0n) is 11.9. The summed E-state index contributed by atoms with van der Waals surface area (Å²) in [5.41, 5.74) is 2.97. The largest absolute Gasteiger partial charge is 0.322 e. The van der Waals surface area contributed by atoms with E-state index in [1.54, 1.807) is 30.3 Å². The SMILES string of the molecule is CCCc1cc(C(=O)Nc2ccc(Cl)cc2C)cc(Cl)n1. The van der Waals surface area contributed by atoms with E-state index in [0.717, 1.165) is 29.8 Å². The summed E-state index contributed by atoms with van der Waals surface area (Å²) < 4.78 is 0. The first-order valence-corrected chi connectivity index (χ1v) is 7.49. The lowest BCUT2D eigenvalue weighted by molar-refractivity contribution is 0.102. The van der Waals surface area contributed by atoms with Gasteiger partial charge < -0.3 is 5.32 Å². The van der Waals surface area contributed by atoms with Gasteiger partial charge in [-0.1, -0.05) is 36.5 Å². The Kier molecular flexibility index (Phi) is 5.21. The van der Waals surface area contributed by atoms with Crippen molar-refractivity contribution in [2.24, 2.45) is 0 Å². The van der Waals surface area contributed by atoms with Crippen LogP contribution in [0, 0.1) is 6.92 Å². The zero-order chi connectivity index (χ0) is 15.4. The van der Waals surface area contributed by atoms with E-state index in [0.29, 0.717) is 15.7 Å². The number of hydrogen-bond donors (Lipinski definition) is 1. The van der Waals surface area contributed by atoms with Gasteiger partial charge in [0.1, 0.15) is 5.15 Å². The third-order valence-electron chi connectivity index (χ3n) is 3.05. The molecule has 1 aromatic carbocycles. The summed E-state index contributed by atoms with van der Waals surface area (Å²) in [7, 11) is 0. The molecule has 5 heteroatoms. The van der Waals surface area contributed by atoms with Gasteiger partial charge in [-0.25, -0.2) is 4.98 Å². The number of nitrogens with zero attached hydrogens (tertiary/aromatic N) is 1. The first-order valence-electron chi connectivity index (χ1n) is 6.73. The highest BCUT2D eigenvalue weighted by Gasteiger charge is 2.11. The maximum atomic E-state index is 12.3. The van der Waals surface area contributed by atoms with Gasteiger partial charge in [-0.3, -0.25) is 4.79 Å². The quantitative estimate of drug-likeness (QED) is 0.813. The molecule has 0 radical (unpaired) electrons. The van der Waals surface area contributed by atoms with Crippen LogP contribution in [0.4, 0.5) is 5.69 Å². The number of pyridine rings is 1. The molecule has 1 aromatic heterocycles. The number of amides is 1. The van der Waals surface area contributed by atoms with Crippen molar-refractivity contribution in [3.8, 4) is 0 Å². The molecule has 0 aliphatic rings. The van der Waals surface area contributed by atoms with Gasteiger partial charge in [0, 0.05) is 22.0 Å². The maximum Gasteiger partial charge on any atom is 0.255 e. The van der Waals surface area contributed by atoms with E-state index in [-0.39, 0.29) is 5.91 Å². The highest BCUT2D eigenvalue weighted by Crippen LogP contribution is 2.21. The van der Waals surface area contributed by atoms with E-state index in [1.165, 1.54) is 0 Å². The Labute approximate surface area is 134 Å². The number of aryl methyl sites for hydroxylation is 2. The molecule has 2 aromatic rings. The monoisotopic (exact) mass is 322 g/mol. The Morgan fingerprint density at radius 2 is 2.00 bits per heavy atom. The predicted octanol–water partition coefficient (Wildman–Crippen LogP) is 4.90. The molecule has 21 heavy (non-hydrogen) atoms. The van der Waals surface area contributed by atoms with Crippen molar-refractivity contribution >= 4 is 34.8 Å². The highest BCUT2D eigenvalue weighted by molar-refractivity contribution is 6.31. The van der Waals surface area contributed by atoms with Crippen molar-refractivity contribution < 1.29 is 4.79 Å². The van der Waals surface area contributed by atoms with Gasteiger partial charge in [0.25, 0.3) is 5.91 Å². The molecule has 1 amide bonds. The van der Waals surface area contributed by atoms with Crippen LogP contribution in [0.5, 0.6) is 0 Å². The van der Waals surface area contributed by atoms with Crippen LogP contribution in [0.15, 0.2) is 30.3 Å². The summed E-state index contributed by atoms with van der Waals surface area (Å²) in [6, 6.07) is 8.67. The molecule has 0 saturated carbocycles. The van der Waals surface area contributed by atoms with Crippen LogP contribution < -0.4 is 5.32 Å². The zero-order valence-corrected chi connectivity index (χ0v) is 13.4. The summed E-state index contributed by atoms with van der Waals surface area (Å²) in [6.45, 7) is 3.95. The molecule has 2 rings (SSSR count). The standard InChI is InChI=1S/C16H16Cl2N2O/c1-3-4-13-8-11(9-15(18)19-13)16(21)20-14-6-5-12(17)7-10(14)2/h5-9H,3-4H2,1-2H3,(H,20,21). The number of carbonyl (C=O) groups is 1. The average molecular weight is 323 g/mol. The first kappa shape index (κ1) is 15.8. The molecule has 1 heterocycles. The molecule has 0 atom stereocenters. The molecule has 1 N–H and O–H groups in total. The minimum Gasteiger partial charge on any atom is -0.322 e. The number of benzene rings is 1. The number of carbonyl (C=O) groups excluding carboxylic acids is 1. The number of hydrogen-bond acceptors (Lipinski definition) is 2. The number of anilines is 1. The van der Waals surface area contributed by atoms with Gasteiger partial charge in [0.2, 0.25) is 0 Å². The van der Waals surface area contributed by atoms with E-state index >= 15 is 0 Å². The summed E-state index contributed by atoms with van der Waals surface area (Å²) in [4.78, 5) is 16.5. The maximum absolute atomic E-state index is 12.3. The molecule has 0 fully saturated rings. The second kappa shape index (κ2) is 6.92. The second-order valence-electron chi connectivity index (χ2n) is 4.83. The van der Waals surface area contributed by atoms with Gasteiger partial charge >= 0.3 is 0 Å². The van der Waals surface area contributed by atoms with Gasteiger partial charge in [-0.05, 0) is 49.2 Å². The fraction of sp³-hybridized carbons (Fsp3) is 0.250. The number of halogens is 2.